The van der Waals surface area contributed by atoms with Crippen molar-refractivity contribution in [1.29, 1.82) is 0 Å². The first-order valence-electron chi connectivity index (χ1n) is 10.2. The number of para-hydroxylation sites is 1. The lowest BCUT2D eigenvalue weighted by Gasteiger charge is -2.18. The Labute approximate surface area is 180 Å². The van der Waals surface area contributed by atoms with Gasteiger partial charge in [-0.05, 0) is 37.3 Å². The minimum atomic E-state index is -0.162. The molecule has 0 saturated carbocycles. The Kier molecular flexibility index (Phi) is 6.06. The number of amides is 1. The fraction of sp³-hybridized carbons (Fsp3) is 0.348. The first-order valence-corrected chi connectivity index (χ1v) is 10.2. The van der Waals surface area contributed by atoms with Gasteiger partial charge >= 0.3 is 0 Å². The van der Waals surface area contributed by atoms with Crippen LogP contribution in [0.1, 0.15) is 30.7 Å². The molecule has 0 aliphatic carbocycles. The standard InChI is InChI=1S/C23H25N3O5/c1-4-30-20-8-6-5-7-18(20)22-24-23(31-25-22)16-12-21(27)26(14-16)13-15-11-17(28-2)9-10-19(15)29-3/h5-11,16H,4,12-14H2,1-3H3. The van der Waals surface area contributed by atoms with Crippen LogP contribution in [0.3, 0.4) is 0 Å². The van der Waals surface area contributed by atoms with Crippen LogP contribution >= 0.6 is 0 Å². The van der Waals surface area contributed by atoms with Crippen molar-refractivity contribution in [3.05, 3.63) is 53.9 Å². The molecule has 31 heavy (non-hydrogen) atoms. The molecule has 1 aliphatic heterocycles. The number of nitrogens with zero attached hydrogens (tertiary/aromatic N) is 3. The summed E-state index contributed by atoms with van der Waals surface area (Å²) in [6.45, 7) is 3.38. The number of hydrogen-bond donors (Lipinski definition) is 0. The Morgan fingerprint density at radius 1 is 1.13 bits per heavy atom. The molecule has 0 radical (unpaired) electrons. The van der Waals surface area contributed by atoms with Gasteiger partial charge < -0.3 is 23.6 Å². The predicted molar refractivity (Wildman–Crippen MR) is 113 cm³/mol. The Balaban J connectivity index is 1.51. The topological polar surface area (TPSA) is 86.9 Å². The molecular weight excluding hydrogens is 398 g/mol. The average Bonchev–Trinajstić information content (AvgIpc) is 3.41. The third-order valence-electron chi connectivity index (χ3n) is 5.28. The van der Waals surface area contributed by atoms with Crippen molar-refractivity contribution in [2.75, 3.05) is 27.4 Å². The van der Waals surface area contributed by atoms with Crippen LogP contribution in [0.5, 0.6) is 17.2 Å². The van der Waals surface area contributed by atoms with Crippen molar-refractivity contribution < 1.29 is 23.5 Å². The minimum Gasteiger partial charge on any atom is -0.497 e. The number of rotatable bonds is 8. The van der Waals surface area contributed by atoms with Crippen molar-refractivity contribution in [1.82, 2.24) is 15.0 Å². The van der Waals surface area contributed by atoms with Crippen LogP contribution in [0.4, 0.5) is 0 Å². The molecule has 8 heteroatoms. The molecule has 1 aromatic heterocycles. The van der Waals surface area contributed by atoms with Gasteiger partial charge in [0, 0.05) is 25.1 Å². The van der Waals surface area contributed by atoms with Gasteiger partial charge in [0.2, 0.25) is 17.6 Å². The van der Waals surface area contributed by atoms with Crippen molar-refractivity contribution in [2.45, 2.75) is 25.8 Å². The number of ether oxygens (including phenoxy) is 3. The van der Waals surface area contributed by atoms with E-state index >= 15 is 0 Å². The number of aromatic nitrogens is 2. The van der Waals surface area contributed by atoms with Gasteiger partial charge in [0.05, 0.1) is 32.3 Å². The van der Waals surface area contributed by atoms with Gasteiger partial charge in [-0.25, -0.2) is 0 Å². The lowest BCUT2D eigenvalue weighted by molar-refractivity contribution is -0.128. The van der Waals surface area contributed by atoms with Crippen molar-refractivity contribution in [2.24, 2.45) is 0 Å². The lowest BCUT2D eigenvalue weighted by Crippen LogP contribution is -2.24. The van der Waals surface area contributed by atoms with E-state index in [-0.39, 0.29) is 11.8 Å². The van der Waals surface area contributed by atoms with E-state index in [0.717, 1.165) is 11.1 Å². The van der Waals surface area contributed by atoms with Gasteiger partial charge in [-0.15, -0.1) is 0 Å². The highest BCUT2D eigenvalue weighted by molar-refractivity contribution is 5.79. The molecular formula is C23H25N3O5. The summed E-state index contributed by atoms with van der Waals surface area (Å²) < 4.78 is 21.9. The molecule has 0 spiro atoms. The zero-order valence-corrected chi connectivity index (χ0v) is 17.8. The zero-order chi connectivity index (χ0) is 21.8. The molecule has 1 saturated heterocycles. The van der Waals surface area contributed by atoms with Crippen LogP contribution in [0.2, 0.25) is 0 Å². The third-order valence-corrected chi connectivity index (χ3v) is 5.28. The summed E-state index contributed by atoms with van der Waals surface area (Å²) in [6.07, 6.45) is 0.320. The van der Waals surface area contributed by atoms with Gasteiger partial charge in [0.1, 0.15) is 17.2 Å². The zero-order valence-electron chi connectivity index (χ0n) is 17.8. The Bertz CT molecular complexity index is 1060. The van der Waals surface area contributed by atoms with Crippen LogP contribution in [0.15, 0.2) is 47.0 Å². The second kappa shape index (κ2) is 9.07. The average molecular weight is 423 g/mol. The summed E-state index contributed by atoms with van der Waals surface area (Å²) in [7, 11) is 3.22. The number of likely N-dealkylation sites (tertiary alicyclic amines) is 1. The Morgan fingerprint density at radius 3 is 2.74 bits per heavy atom. The van der Waals surface area contributed by atoms with E-state index in [1.807, 2.05) is 49.4 Å². The highest BCUT2D eigenvalue weighted by Crippen LogP contribution is 2.33. The van der Waals surface area contributed by atoms with Crippen LogP contribution in [-0.4, -0.2) is 48.3 Å². The molecule has 2 heterocycles. The summed E-state index contributed by atoms with van der Waals surface area (Å²) >= 11 is 0. The fourth-order valence-electron chi connectivity index (χ4n) is 3.74. The van der Waals surface area contributed by atoms with E-state index in [0.29, 0.717) is 55.1 Å². The number of carbonyl (C=O) groups is 1. The maximum absolute atomic E-state index is 12.7. The van der Waals surface area contributed by atoms with E-state index in [2.05, 4.69) is 10.1 Å². The summed E-state index contributed by atoms with van der Waals surface area (Å²) in [5.41, 5.74) is 1.65. The number of benzene rings is 2. The summed E-state index contributed by atoms with van der Waals surface area (Å²) in [4.78, 5) is 19.0. The molecule has 4 rings (SSSR count). The Morgan fingerprint density at radius 2 is 1.97 bits per heavy atom. The SMILES string of the molecule is CCOc1ccccc1-c1noc(C2CC(=O)N(Cc3cc(OC)ccc3OC)C2)n1. The highest BCUT2D eigenvalue weighted by Gasteiger charge is 2.35. The fourth-order valence-corrected chi connectivity index (χ4v) is 3.74. The number of carbonyl (C=O) groups excluding carboxylic acids is 1. The van der Waals surface area contributed by atoms with E-state index in [1.165, 1.54) is 0 Å². The van der Waals surface area contributed by atoms with Crippen LogP contribution in [0.25, 0.3) is 11.4 Å². The first kappa shape index (κ1) is 20.7. The molecule has 0 bridgehead atoms. The quantitative estimate of drug-likeness (QED) is 0.546. The molecule has 1 unspecified atom stereocenters. The third kappa shape index (κ3) is 4.33. The molecule has 1 aliphatic rings. The molecule has 2 aromatic carbocycles. The van der Waals surface area contributed by atoms with Crippen molar-refractivity contribution in [3.8, 4) is 28.6 Å². The Hall–Kier alpha value is -3.55. The summed E-state index contributed by atoms with van der Waals surface area (Å²) in [5.74, 6) is 2.91. The van der Waals surface area contributed by atoms with Crippen LogP contribution in [-0.2, 0) is 11.3 Å². The largest absolute Gasteiger partial charge is 0.497 e. The van der Waals surface area contributed by atoms with Crippen LogP contribution in [0, 0.1) is 0 Å². The second-order valence-electron chi connectivity index (χ2n) is 7.24. The van der Waals surface area contributed by atoms with Gasteiger partial charge in [-0.1, -0.05) is 17.3 Å². The predicted octanol–water partition coefficient (Wildman–Crippen LogP) is 3.67. The van der Waals surface area contributed by atoms with Gasteiger partial charge in [-0.2, -0.15) is 4.98 Å². The van der Waals surface area contributed by atoms with Crippen molar-refractivity contribution >= 4 is 5.91 Å². The molecule has 0 N–H and O–H groups in total. The smallest absolute Gasteiger partial charge is 0.232 e. The number of methoxy groups -OCH3 is 2. The number of hydrogen-bond acceptors (Lipinski definition) is 7. The minimum absolute atomic E-state index is 0.0318. The van der Waals surface area contributed by atoms with E-state index in [9.17, 15) is 4.79 Å². The highest BCUT2D eigenvalue weighted by atomic mass is 16.5. The molecule has 1 atom stereocenters. The second-order valence-corrected chi connectivity index (χ2v) is 7.24. The molecule has 1 fully saturated rings. The monoisotopic (exact) mass is 423 g/mol. The molecule has 3 aromatic rings. The van der Waals surface area contributed by atoms with E-state index in [4.69, 9.17) is 18.7 Å². The van der Waals surface area contributed by atoms with Crippen molar-refractivity contribution in [3.63, 3.8) is 0 Å². The molecule has 8 nitrogen and oxygen atoms in total. The first-order chi connectivity index (χ1) is 15.1. The molecule has 1 amide bonds. The normalized spacial score (nSPS) is 15.9. The molecule has 162 valence electrons. The lowest BCUT2D eigenvalue weighted by atomic mass is 10.1. The van der Waals surface area contributed by atoms with Gasteiger partial charge in [-0.3, -0.25) is 4.79 Å². The van der Waals surface area contributed by atoms with E-state index in [1.54, 1.807) is 19.1 Å². The van der Waals surface area contributed by atoms with Crippen LogP contribution < -0.4 is 14.2 Å². The van der Waals surface area contributed by atoms with Gasteiger partial charge in [0.25, 0.3) is 0 Å². The van der Waals surface area contributed by atoms with E-state index < -0.39 is 0 Å². The maximum atomic E-state index is 12.7. The summed E-state index contributed by atoms with van der Waals surface area (Å²) in [6, 6.07) is 13.1. The summed E-state index contributed by atoms with van der Waals surface area (Å²) in [5, 5.41) is 4.13. The maximum Gasteiger partial charge on any atom is 0.232 e. The van der Waals surface area contributed by atoms with Gasteiger partial charge in [0.15, 0.2) is 0 Å².